The summed E-state index contributed by atoms with van der Waals surface area (Å²) in [6.07, 6.45) is 6.06. The molecule has 26 heavy (non-hydrogen) atoms. The lowest BCUT2D eigenvalue weighted by Gasteiger charge is -2.33. The molecular formula is C20H32ClIN4. The fraction of sp³-hybridized carbons (Fsp3) is 0.650. The number of hydrogen-bond donors (Lipinski definition) is 2. The van der Waals surface area contributed by atoms with Crippen molar-refractivity contribution in [2.45, 2.75) is 50.5 Å². The van der Waals surface area contributed by atoms with E-state index in [9.17, 15) is 0 Å². The van der Waals surface area contributed by atoms with Crippen molar-refractivity contribution in [2.24, 2.45) is 4.99 Å². The first-order valence-electron chi connectivity index (χ1n) is 9.61. The summed E-state index contributed by atoms with van der Waals surface area (Å²) in [5.41, 5.74) is 1.57. The topological polar surface area (TPSA) is 39.7 Å². The van der Waals surface area contributed by atoms with Gasteiger partial charge < -0.3 is 15.5 Å². The van der Waals surface area contributed by atoms with Gasteiger partial charge in [0.1, 0.15) is 0 Å². The number of benzene rings is 1. The van der Waals surface area contributed by atoms with E-state index in [1.165, 1.54) is 57.3 Å². The number of aliphatic imine (C=N–C) groups is 1. The van der Waals surface area contributed by atoms with E-state index in [0.29, 0.717) is 6.04 Å². The molecule has 4 nitrogen and oxygen atoms in total. The van der Waals surface area contributed by atoms with Crippen LogP contribution in [0.4, 0.5) is 0 Å². The summed E-state index contributed by atoms with van der Waals surface area (Å²) in [5.74, 6) is 0.933. The average molecular weight is 491 g/mol. The highest BCUT2D eigenvalue weighted by Gasteiger charge is 2.44. The Balaban J connectivity index is 0.00000243. The van der Waals surface area contributed by atoms with Gasteiger partial charge in [-0.15, -0.1) is 24.0 Å². The minimum Gasteiger partial charge on any atom is -0.356 e. The highest BCUT2D eigenvalue weighted by atomic mass is 127. The smallest absolute Gasteiger partial charge is 0.191 e. The van der Waals surface area contributed by atoms with Gasteiger partial charge in [0.2, 0.25) is 0 Å². The molecule has 0 bridgehead atoms. The van der Waals surface area contributed by atoms with Crippen LogP contribution >= 0.6 is 35.6 Å². The zero-order chi connectivity index (χ0) is 17.7. The summed E-state index contributed by atoms with van der Waals surface area (Å²) >= 11 is 6.17. The van der Waals surface area contributed by atoms with Crippen molar-refractivity contribution in [2.75, 3.05) is 33.2 Å². The second-order valence-corrected chi connectivity index (χ2v) is 7.91. The summed E-state index contributed by atoms with van der Waals surface area (Å²) in [5, 5.41) is 8.00. The van der Waals surface area contributed by atoms with Gasteiger partial charge in [0, 0.05) is 43.2 Å². The normalized spacial score (nSPS) is 20.3. The SMILES string of the molecule is CCCN1CCC(NC(=NC)NCC2(c3cccc(Cl)c3)CC2)CC1.I. The molecule has 1 heterocycles. The van der Waals surface area contributed by atoms with E-state index in [1.54, 1.807) is 0 Å². The third-order valence-electron chi connectivity index (χ3n) is 5.58. The van der Waals surface area contributed by atoms with Crippen LogP contribution in [-0.2, 0) is 5.41 Å². The minimum atomic E-state index is 0. The van der Waals surface area contributed by atoms with Gasteiger partial charge in [0.15, 0.2) is 5.96 Å². The molecule has 0 aromatic heterocycles. The van der Waals surface area contributed by atoms with Crippen LogP contribution in [0.3, 0.4) is 0 Å². The van der Waals surface area contributed by atoms with Crippen molar-refractivity contribution in [3.05, 3.63) is 34.9 Å². The highest BCUT2D eigenvalue weighted by molar-refractivity contribution is 14.0. The van der Waals surface area contributed by atoms with E-state index < -0.39 is 0 Å². The number of rotatable bonds is 6. The molecule has 1 aromatic carbocycles. The monoisotopic (exact) mass is 490 g/mol. The standard InChI is InChI=1S/C20H31ClN4.HI/c1-3-11-25-12-7-18(8-13-25)24-19(22-2)23-15-20(9-10-20)16-5-4-6-17(21)14-16;/h4-6,14,18H,3,7-13,15H2,1-2H3,(H2,22,23,24);1H. The van der Waals surface area contributed by atoms with Crippen molar-refractivity contribution in [1.82, 2.24) is 15.5 Å². The molecule has 1 aliphatic heterocycles. The van der Waals surface area contributed by atoms with Gasteiger partial charge in [-0.05, 0) is 56.3 Å². The van der Waals surface area contributed by atoms with Gasteiger partial charge in [-0.2, -0.15) is 0 Å². The van der Waals surface area contributed by atoms with Crippen LogP contribution in [0.1, 0.15) is 44.6 Å². The quantitative estimate of drug-likeness (QED) is 0.359. The van der Waals surface area contributed by atoms with E-state index in [1.807, 2.05) is 13.1 Å². The number of hydrogen-bond acceptors (Lipinski definition) is 2. The van der Waals surface area contributed by atoms with Crippen LogP contribution in [0.2, 0.25) is 5.02 Å². The zero-order valence-electron chi connectivity index (χ0n) is 15.9. The maximum Gasteiger partial charge on any atom is 0.191 e. The first-order chi connectivity index (χ1) is 12.1. The number of likely N-dealkylation sites (tertiary alicyclic amines) is 1. The highest BCUT2D eigenvalue weighted by Crippen LogP contribution is 2.48. The lowest BCUT2D eigenvalue weighted by molar-refractivity contribution is 0.206. The molecule has 1 saturated heterocycles. The van der Waals surface area contributed by atoms with Crippen LogP contribution in [0.25, 0.3) is 0 Å². The van der Waals surface area contributed by atoms with Gasteiger partial charge in [-0.1, -0.05) is 30.7 Å². The van der Waals surface area contributed by atoms with Crippen molar-refractivity contribution in [3.63, 3.8) is 0 Å². The predicted octanol–water partition coefficient (Wildman–Crippen LogP) is 4.03. The maximum absolute atomic E-state index is 6.17. The van der Waals surface area contributed by atoms with Crippen molar-refractivity contribution < 1.29 is 0 Å². The Bertz CT molecular complexity index is 595. The van der Waals surface area contributed by atoms with Crippen molar-refractivity contribution in [1.29, 1.82) is 0 Å². The summed E-state index contributed by atoms with van der Waals surface area (Å²) in [4.78, 5) is 7.00. The molecule has 1 aromatic rings. The van der Waals surface area contributed by atoms with Crippen LogP contribution in [-0.4, -0.2) is 50.1 Å². The van der Waals surface area contributed by atoms with Gasteiger partial charge in [-0.25, -0.2) is 0 Å². The Hall–Kier alpha value is -0.530. The second kappa shape index (κ2) is 10.1. The lowest BCUT2D eigenvalue weighted by Crippen LogP contribution is -2.49. The fourth-order valence-electron chi connectivity index (χ4n) is 3.79. The number of halogens is 2. The van der Waals surface area contributed by atoms with Crippen molar-refractivity contribution >= 4 is 41.5 Å². The fourth-order valence-corrected chi connectivity index (χ4v) is 3.99. The van der Waals surface area contributed by atoms with E-state index in [0.717, 1.165) is 17.5 Å². The van der Waals surface area contributed by atoms with E-state index >= 15 is 0 Å². The maximum atomic E-state index is 6.17. The Morgan fingerprint density at radius 2 is 2.04 bits per heavy atom. The first-order valence-corrected chi connectivity index (χ1v) is 9.98. The first kappa shape index (κ1) is 21.8. The Kier molecular flexibility index (Phi) is 8.48. The lowest BCUT2D eigenvalue weighted by atomic mass is 9.96. The largest absolute Gasteiger partial charge is 0.356 e. The van der Waals surface area contributed by atoms with Gasteiger partial charge >= 0.3 is 0 Å². The molecule has 0 amide bonds. The molecule has 2 N–H and O–H groups in total. The van der Waals surface area contributed by atoms with Crippen LogP contribution in [0, 0.1) is 0 Å². The number of guanidine groups is 1. The molecule has 2 aliphatic rings. The van der Waals surface area contributed by atoms with Crippen LogP contribution in [0.5, 0.6) is 0 Å². The van der Waals surface area contributed by atoms with Crippen LogP contribution in [0.15, 0.2) is 29.3 Å². The molecule has 0 unspecified atom stereocenters. The van der Waals surface area contributed by atoms with Crippen molar-refractivity contribution in [3.8, 4) is 0 Å². The molecule has 0 spiro atoms. The summed E-state index contributed by atoms with van der Waals surface area (Å²) in [7, 11) is 1.86. The number of nitrogens with one attached hydrogen (secondary N) is 2. The van der Waals surface area contributed by atoms with E-state index in [-0.39, 0.29) is 29.4 Å². The third kappa shape index (κ3) is 5.73. The van der Waals surface area contributed by atoms with Gasteiger partial charge in [-0.3, -0.25) is 4.99 Å². The van der Waals surface area contributed by atoms with E-state index in [2.05, 4.69) is 45.6 Å². The Morgan fingerprint density at radius 3 is 2.62 bits per heavy atom. The number of nitrogens with zero attached hydrogens (tertiary/aromatic N) is 2. The third-order valence-corrected chi connectivity index (χ3v) is 5.81. The summed E-state index contributed by atoms with van der Waals surface area (Å²) in [6, 6.07) is 8.82. The minimum absolute atomic E-state index is 0. The average Bonchev–Trinajstić information content (AvgIpc) is 3.41. The Morgan fingerprint density at radius 1 is 1.31 bits per heavy atom. The summed E-state index contributed by atoms with van der Waals surface area (Å²) in [6.45, 7) is 6.77. The van der Waals surface area contributed by atoms with E-state index in [4.69, 9.17) is 11.6 Å². The molecule has 3 rings (SSSR count). The van der Waals surface area contributed by atoms with Crippen LogP contribution < -0.4 is 10.6 Å². The molecule has 1 saturated carbocycles. The molecular weight excluding hydrogens is 459 g/mol. The molecule has 0 radical (unpaired) electrons. The second-order valence-electron chi connectivity index (χ2n) is 7.48. The molecule has 6 heteroatoms. The van der Waals surface area contributed by atoms with Gasteiger partial charge in [0.25, 0.3) is 0 Å². The molecule has 146 valence electrons. The predicted molar refractivity (Wildman–Crippen MR) is 122 cm³/mol. The number of piperidine rings is 1. The zero-order valence-corrected chi connectivity index (χ0v) is 19.0. The molecule has 1 aliphatic carbocycles. The van der Waals surface area contributed by atoms with Gasteiger partial charge in [0.05, 0.1) is 0 Å². The summed E-state index contributed by atoms with van der Waals surface area (Å²) < 4.78 is 0. The Labute approximate surface area is 180 Å². The molecule has 0 atom stereocenters. The molecule has 2 fully saturated rings.